The van der Waals surface area contributed by atoms with Crippen LogP contribution in [0.3, 0.4) is 0 Å². The molecule has 0 saturated carbocycles. The van der Waals surface area contributed by atoms with Crippen LogP contribution in [0.4, 0.5) is 5.00 Å². The molecule has 1 aromatic heterocycles. The summed E-state index contributed by atoms with van der Waals surface area (Å²) < 4.78 is 19.1. The summed E-state index contributed by atoms with van der Waals surface area (Å²) in [6.45, 7) is 7.85. The van der Waals surface area contributed by atoms with Gasteiger partial charge in [0.15, 0.2) is 0 Å². The molecule has 1 aromatic rings. The average molecular weight is 446 g/mol. The molecule has 0 aromatic carbocycles. The largest absolute Gasteiger partial charge is 0.341 e. The van der Waals surface area contributed by atoms with Crippen LogP contribution in [-0.2, 0) is 15.7 Å². The number of rotatable bonds is 12. The highest BCUT2D eigenvalue weighted by Crippen LogP contribution is 2.42. The first-order valence-corrected chi connectivity index (χ1v) is 11.8. The molecule has 0 aliphatic carbocycles. The Hall–Kier alpha value is -0.210. The molecule has 0 aliphatic rings. The second-order valence-corrected chi connectivity index (χ2v) is 10.2. The Kier molecular flexibility index (Phi) is 10.0. The summed E-state index contributed by atoms with van der Waals surface area (Å²) in [4.78, 5) is 10.9. The van der Waals surface area contributed by atoms with Gasteiger partial charge in [-0.3, -0.25) is 14.7 Å². The van der Waals surface area contributed by atoms with Gasteiger partial charge in [0.05, 0.1) is 11.5 Å². The van der Waals surface area contributed by atoms with Gasteiger partial charge in [-0.15, -0.1) is 23.2 Å². The van der Waals surface area contributed by atoms with E-state index >= 15 is 0 Å². The van der Waals surface area contributed by atoms with Crippen molar-refractivity contribution in [2.45, 2.75) is 46.4 Å². The monoisotopic (exact) mass is 445 g/mol. The van der Waals surface area contributed by atoms with Gasteiger partial charge in [-0.05, 0) is 17.9 Å². The summed E-state index contributed by atoms with van der Waals surface area (Å²) in [7, 11) is -3.48. The summed E-state index contributed by atoms with van der Waals surface area (Å²) in [5.41, 5.74) is 0. The van der Waals surface area contributed by atoms with E-state index in [1.165, 1.54) is 6.07 Å². The molecule has 2 N–H and O–H groups in total. The third kappa shape index (κ3) is 7.43. The van der Waals surface area contributed by atoms with Crippen molar-refractivity contribution in [3.8, 4) is 0 Å². The highest BCUT2D eigenvalue weighted by atomic mass is 35.5. The number of nitrogens with one attached hydrogen (secondary N) is 2. The lowest BCUT2D eigenvalue weighted by atomic mass is 10.1. The van der Waals surface area contributed by atoms with Crippen LogP contribution in [0.2, 0.25) is 0 Å². The van der Waals surface area contributed by atoms with E-state index in [2.05, 4.69) is 10.2 Å². The second kappa shape index (κ2) is 11.0. The fourth-order valence-corrected chi connectivity index (χ4v) is 6.07. The van der Waals surface area contributed by atoms with Gasteiger partial charge in [0.1, 0.15) is 0 Å². The van der Waals surface area contributed by atoms with E-state index in [0.29, 0.717) is 4.88 Å². The summed E-state index contributed by atoms with van der Waals surface area (Å²) in [6, 6.07) is 2.54. The molecule has 1 rings (SSSR count). The van der Waals surface area contributed by atoms with Crippen molar-refractivity contribution in [3.63, 3.8) is 0 Å². The van der Waals surface area contributed by atoms with Gasteiger partial charge in [0, 0.05) is 34.8 Å². The molecule has 0 spiro atoms. The highest BCUT2D eigenvalue weighted by molar-refractivity contribution is 7.54. The minimum Gasteiger partial charge on any atom is -0.300 e. The van der Waals surface area contributed by atoms with Crippen LogP contribution < -0.4 is 10.2 Å². The first kappa shape index (κ1) is 23.8. The van der Waals surface area contributed by atoms with Crippen LogP contribution in [0.5, 0.6) is 0 Å². The van der Waals surface area contributed by atoms with Crippen molar-refractivity contribution in [1.82, 2.24) is 10.2 Å². The first-order valence-electron chi connectivity index (χ1n) is 8.27. The minimum atomic E-state index is -3.48. The lowest BCUT2D eigenvalue weighted by Crippen LogP contribution is -2.42. The van der Waals surface area contributed by atoms with Crippen LogP contribution in [-0.4, -0.2) is 28.8 Å². The average Bonchev–Trinajstić information content (AvgIpc) is 3.05. The Morgan fingerprint density at radius 2 is 1.65 bits per heavy atom. The molecule has 11 heteroatoms. The molecule has 2 atom stereocenters. The molecule has 0 fully saturated rings. The molecule has 0 saturated heterocycles. The number of nitrogens with zero attached hydrogens (tertiary/aromatic N) is 1. The van der Waals surface area contributed by atoms with Crippen molar-refractivity contribution in [2.75, 3.05) is 11.8 Å². The minimum absolute atomic E-state index is 0.0148. The fraction of sp³-hybridized carbons (Fsp3) is 0.733. The van der Waals surface area contributed by atoms with Crippen molar-refractivity contribution in [1.29, 1.82) is 0 Å². The van der Waals surface area contributed by atoms with Gasteiger partial charge >= 0.3 is 12.7 Å². The number of hydrogen-bond donors (Lipinski definition) is 2. The van der Waals surface area contributed by atoms with Crippen molar-refractivity contribution in [2.24, 2.45) is 11.8 Å². The van der Waals surface area contributed by atoms with Crippen LogP contribution in [0, 0.1) is 22.0 Å². The topological polar surface area (TPSA) is 93.5 Å². The van der Waals surface area contributed by atoms with E-state index in [1.54, 1.807) is 6.07 Å². The Morgan fingerprint density at radius 1 is 1.15 bits per heavy atom. The van der Waals surface area contributed by atoms with E-state index < -0.39 is 12.6 Å². The van der Waals surface area contributed by atoms with Crippen molar-refractivity contribution < 1.29 is 14.0 Å². The molecular formula is C15H26Cl2N3O4PS. The van der Waals surface area contributed by atoms with E-state index in [1.807, 2.05) is 27.7 Å². The smallest absolute Gasteiger partial charge is 0.300 e. The maximum Gasteiger partial charge on any atom is 0.341 e. The molecule has 0 aliphatic heterocycles. The van der Waals surface area contributed by atoms with E-state index in [4.69, 9.17) is 27.7 Å². The Morgan fingerprint density at radius 3 is 2.00 bits per heavy atom. The van der Waals surface area contributed by atoms with Crippen molar-refractivity contribution >= 4 is 47.2 Å². The zero-order valence-electron chi connectivity index (χ0n) is 15.3. The number of halogens is 2. The van der Waals surface area contributed by atoms with Crippen LogP contribution in [0.1, 0.15) is 32.6 Å². The quantitative estimate of drug-likeness (QED) is 0.203. The number of thiophene rings is 1. The van der Waals surface area contributed by atoms with Gasteiger partial charge in [-0.25, -0.2) is 10.2 Å². The van der Waals surface area contributed by atoms with Crippen LogP contribution >= 0.6 is 42.2 Å². The van der Waals surface area contributed by atoms with Gasteiger partial charge in [0.25, 0.3) is 0 Å². The zero-order chi connectivity index (χ0) is 19.9. The zero-order valence-corrected chi connectivity index (χ0v) is 18.5. The molecule has 1 heterocycles. The predicted octanol–water partition coefficient (Wildman–Crippen LogP) is 4.99. The highest BCUT2D eigenvalue weighted by Gasteiger charge is 2.32. The third-order valence-electron chi connectivity index (χ3n) is 3.83. The van der Waals surface area contributed by atoms with Crippen LogP contribution in [0.15, 0.2) is 12.1 Å². The Labute approximate surface area is 168 Å². The lowest BCUT2D eigenvalue weighted by Gasteiger charge is -2.31. The summed E-state index contributed by atoms with van der Waals surface area (Å²) in [5, 5.41) is 16.8. The number of alkyl halides is 2. The SMILES string of the molecule is CC(C)[C@H](CCl)NP(=O)(N[C@@H](CCl)C(C)C)OCc1ccc([N+](=O)[O-])s1. The summed E-state index contributed by atoms with van der Waals surface area (Å²) in [5.74, 6) is 0.819. The molecule has 0 radical (unpaired) electrons. The molecule has 26 heavy (non-hydrogen) atoms. The number of hydrogen-bond acceptors (Lipinski definition) is 5. The lowest BCUT2D eigenvalue weighted by molar-refractivity contribution is -0.380. The Bertz CT molecular complexity index is 608. The molecule has 150 valence electrons. The molecule has 0 amide bonds. The summed E-state index contributed by atoms with van der Waals surface area (Å²) in [6.07, 6.45) is 0. The van der Waals surface area contributed by atoms with Crippen molar-refractivity contribution in [3.05, 3.63) is 27.1 Å². The summed E-state index contributed by atoms with van der Waals surface area (Å²) >= 11 is 13.0. The van der Waals surface area contributed by atoms with Gasteiger partial charge in [-0.2, -0.15) is 0 Å². The molecule has 0 unspecified atom stereocenters. The van der Waals surface area contributed by atoms with Gasteiger partial charge in [-0.1, -0.05) is 39.0 Å². The fourth-order valence-electron chi connectivity index (χ4n) is 1.97. The molecule has 7 nitrogen and oxygen atoms in total. The second-order valence-electron chi connectivity index (χ2n) is 6.59. The van der Waals surface area contributed by atoms with Crippen LogP contribution in [0.25, 0.3) is 0 Å². The van der Waals surface area contributed by atoms with E-state index in [0.717, 1.165) is 11.3 Å². The maximum atomic E-state index is 13.4. The Balaban J connectivity index is 2.94. The van der Waals surface area contributed by atoms with Gasteiger partial charge in [0.2, 0.25) is 0 Å². The normalized spacial score (nSPS) is 14.8. The predicted molar refractivity (Wildman–Crippen MR) is 108 cm³/mol. The van der Waals surface area contributed by atoms with Gasteiger partial charge < -0.3 is 4.52 Å². The van der Waals surface area contributed by atoms with E-state index in [9.17, 15) is 14.7 Å². The molecular weight excluding hydrogens is 420 g/mol. The third-order valence-corrected chi connectivity index (χ3v) is 7.34. The molecule has 0 bridgehead atoms. The first-order chi connectivity index (χ1) is 12.1. The number of nitro groups is 1. The maximum absolute atomic E-state index is 13.4. The standard InChI is InChI=1S/C15H26Cl2N3O4PS/c1-10(2)13(7-16)18-25(23,19-14(8-17)11(3)4)24-9-12-5-6-15(26-12)20(21)22/h5-6,10-11,13-14H,7-9H2,1-4H3,(H2,18,19,23)/t13-,14-/m0/s1. The van der Waals surface area contributed by atoms with E-state index in [-0.39, 0.29) is 47.3 Å².